The molecule has 0 N–H and O–H groups in total. The second-order valence-corrected chi connectivity index (χ2v) is 7.77. The van der Waals surface area contributed by atoms with Crippen LogP contribution >= 0.6 is 0 Å². The SMILES string of the molecule is COc1ccc(CCC(=O)N2CCN(CC(=O)c3cc(C)n(C)c3C)CC2)cc1. The molecule has 1 aromatic heterocycles. The maximum atomic E-state index is 12.7. The number of aromatic nitrogens is 1. The van der Waals surface area contributed by atoms with E-state index in [2.05, 4.69) is 4.90 Å². The van der Waals surface area contributed by atoms with Crippen LogP contribution in [0.2, 0.25) is 0 Å². The van der Waals surface area contributed by atoms with Gasteiger partial charge >= 0.3 is 0 Å². The number of ketones is 1. The summed E-state index contributed by atoms with van der Waals surface area (Å²) in [5.41, 5.74) is 4.05. The third kappa shape index (κ3) is 5.07. The van der Waals surface area contributed by atoms with E-state index in [9.17, 15) is 9.59 Å². The highest BCUT2D eigenvalue weighted by molar-refractivity contribution is 5.99. The van der Waals surface area contributed by atoms with Crippen LogP contribution in [0.15, 0.2) is 30.3 Å². The van der Waals surface area contributed by atoms with E-state index < -0.39 is 0 Å². The van der Waals surface area contributed by atoms with Crippen LogP contribution in [0, 0.1) is 13.8 Å². The highest BCUT2D eigenvalue weighted by Crippen LogP contribution is 2.16. The molecule has 1 aromatic carbocycles. The van der Waals surface area contributed by atoms with Gasteiger partial charge in [0.2, 0.25) is 5.91 Å². The van der Waals surface area contributed by atoms with Crippen molar-refractivity contribution in [2.24, 2.45) is 7.05 Å². The number of carbonyl (C=O) groups excluding carboxylic acids is 2. The molecule has 2 heterocycles. The van der Waals surface area contributed by atoms with Gasteiger partial charge in [-0.1, -0.05) is 12.1 Å². The first kappa shape index (κ1) is 21.1. The van der Waals surface area contributed by atoms with E-state index in [4.69, 9.17) is 4.74 Å². The molecule has 0 atom stereocenters. The Morgan fingerprint density at radius 1 is 1.03 bits per heavy atom. The van der Waals surface area contributed by atoms with Crippen molar-refractivity contribution in [3.8, 4) is 5.75 Å². The summed E-state index contributed by atoms with van der Waals surface area (Å²) in [6, 6.07) is 9.82. The van der Waals surface area contributed by atoms with Gasteiger partial charge in [0.15, 0.2) is 5.78 Å². The lowest BCUT2D eigenvalue weighted by atomic mass is 10.1. The van der Waals surface area contributed by atoms with E-state index in [1.165, 1.54) is 0 Å². The average molecular weight is 398 g/mol. The molecule has 3 rings (SSSR count). The van der Waals surface area contributed by atoms with E-state index in [1.54, 1.807) is 7.11 Å². The lowest BCUT2D eigenvalue weighted by molar-refractivity contribution is -0.132. The van der Waals surface area contributed by atoms with Crippen LogP contribution in [-0.4, -0.2) is 65.9 Å². The molecule has 156 valence electrons. The van der Waals surface area contributed by atoms with Crippen LogP contribution in [0.4, 0.5) is 0 Å². The predicted molar refractivity (Wildman–Crippen MR) is 114 cm³/mol. The maximum absolute atomic E-state index is 12.7. The van der Waals surface area contributed by atoms with Gasteiger partial charge in [-0.15, -0.1) is 0 Å². The molecule has 0 unspecified atom stereocenters. The Morgan fingerprint density at radius 2 is 1.69 bits per heavy atom. The quantitative estimate of drug-likeness (QED) is 0.674. The Bertz CT molecular complexity index is 862. The molecule has 0 spiro atoms. The van der Waals surface area contributed by atoms with Crippen molar-refractivity contribution in [2.45, 2.75) is 26.7 Å². The molecule has 1 aliphatic rings. The summed E-state index contributed by atoms with van der Waals surface area (Å²) in [5.74, 6) is 1.17. The van der Waals surface area contributed by atoms with Gasteiger partial charge in [0.25, 0.3) is 0 Å². The van der Waals surface area contributed by atoms with Gasteiger partial charge in [-0.25, -0.2) is 0 Å². The summed E-state index contributed by atoms with van der Waals surface area (Å²) >= 11 is 0. The largest absolute Gasteiger partial charge is 0.497 e. The fourth-order valence-electron chi connectivity index (χ4n) is 3.78. The Hall–Kier alpha value is -2.60. The minimum absolute atomic E-state index is 0.158. The first-order valence-electron chi connectivity index (χ1n) is 10.2. The fourth-order valence-corrected chi connectivity index (χ4v) is 3.78. The van der Waals surface area contributed by atoms with E-state index in [0.29, 0.717) is 26.1 Å². The first-order valence-corrected chi connectivity index (χ1v) is 10.2. The smallest absolute Gasteiger partial charge is 0.222 e. The molecule has 0 saturated carbocycles. The van der Waals surface area contributed by atoms with Gasteiger partial charge in [-0.2, -0.15) is 0 Å². The van der Waals surface area contributed by atoms with Crippen LogP contribution < -0.4 is 4.74 Å². The molecule has 0 bridgehead atoms. The number of aryl methyl sites for hydroxylation is 2. The van der Waals surface area contributed by atoms with Gasteiger partial charge in [0.1, 0.15) is 5.75 Å². The monoisotopic (exact) mass is 397 g/mol. The molecule has 6 heteroatoms. The third-order valence-corrected chi connectivity index (χ3v) is 5.95. The average Bonchev–Trinajstić information content (AvgIpc) is 3.00. The van der Waals surface area contributed by atoms with Gasteiger partial charge in [-0.05, 0) is 44.0 Å². The summed E-state index contributed by atoms with van der Waals surface area (Å²) in [7, 11) is 3.63. The van der Waals surface area contributed by atoms with Crippen molar-refractivity contribution in [1.29, 1.82) is 0 Å². The fraction of sp³-hybridized carbons (Fsp3) is 0.478. The Labute approximate surface area is 173 Å². The summed E-state index contributed by atoms with van der Waals surface area (Å²) in [4.78, 5) is 29.3. The molecule has 1 fully saturated rings. The molecule has 2 aromatic rings. The lowest BCUT2D eigenvalue weighted by Gasteiger charge is -2.34. The van der Waals surface area contributed by atoms with Crippen molar-refractivity contribution in [2.75, 3.05) is 39.8 Å². The number of hydrogen-bond donors (Lipinski definition) is 0. The number of rotatable bonds is 7. The normalized spacial score (nSPS) is 14.8. The highest BCUT2D eigenvalue weighted by Gasteiger charge is 2.23. The highest BCUT2D eigenvalue weighted by atomic mass is 16.5. The van der Waals surface area contributed by atoms with Crippen LogP contribution in [-0.2, 0) is 18.3 Å². The van der Waals surface area contributed by atoms with Gasteiger partial charge in [-0.3, -0.25) is 14.5 Å². The van der Waals surface area contributed by atoms with Gasteiger partial charge < -0.3 is 14.2 Å². The maximum Gasteiger partial charge on any atom is 0.222 e. The van der Waals surface area contributed by atoms with Crippen molar-refractivity contribution < 1.29 is 14.3 Å². The minimum atomic E-state index is 0.158. The minimum Gasteiger partial charge on any atom is -0.497 e. The zero-order chi connectivity index (χ0) is 21.0. The number of nitrogens with zero attached hydrogens (tertiary/aromatic N) is 3. The number of amides is 1. The van der Waals surface area contributed by atoms with Crippen LogP contribution in [0.3, 0.4) is 0 Å². The molecule has 0 radical (unpaired) electrons. The molecule has 1 saturated heterocycles. The van der Waals surface area contributed by atoms with E-state index >= 15 is 0 Å². The molecule has 29 heavy (non-hydrogen) atoms. The molecular formula is C23H31N3O3. The van der Waals surface area contributed by atoms with Crippen LogP contribution in [0.25, 0.3) is 0 Å². The number of piperazine rings is 1. The number of ether oxygens (including phenoxy) is 1. The van der Waals surface area contributed by atoms with Gasteiger partial charge in [0.05, 0.1) is 13.7 Å². The number of hydrogen-bond acceptors (Lipinski definition) is 4. The molecular weight excluding hydrogens is 366 g/mol. The molecule has 0 aliphatic carbocycles. The van der Waals surface area contributed by atoms with Crippen LogP contribution in [0.5, 0.6) is 5.75 Å². The first-order chi connectivity index (χ1) is 13.9. The number of Topliss-reactive ketones (excluding diaryl/α,β-unsaturated/α-hetero) is 1. The third-order valence-electron chi connectivity index (χ3n) is 5.95. The lowest BCUT2D eigenvalue weighted by Crippen LogP contribution is -2.50. The molecule has 1 amide bonds. The Balaban J connectivity index is 1.45. The predicted octanol–water partition coefficient (Wildman–Crippen LogP) is 2.61. The number of carbonyl (C=O) groups is 2. The van der Waals surface area contributed by atoms with E-state index in [-0.39, 0.29) is 11.7 Å². The van der Waals surface area contributed by atoms with Gasteiger partial charge in [0, 0.05) is 56.6 Å². The van der Waals surface area contributed by atoms with E-state index in [1.807, 2.05) is 60.7 Å². The Kier molecular flexibility index (Phi) is 6.75. The number of benzene rings is 1. The van der Waals surface area contributed by atoms with Crippen LogP contribution in [0.1, 0.15) is 33.7 Å². The zero-order valence-corrected chi connectivity index (χ0v) is 17.9. The second-order valence-electron chi connectivity index (χ2n) is 7.77. The molecule has 1 aliphatic heterocycles. The van der Waals surface area contributed by atoms with Crippen molar-refractivity contribution in [1.82, 2.24) is 14.4 Å². The summed E-state index contributed by atoms with van der Waals surface area (Å²) < 4.78 is 7.21. The summed E-state index contributed by atoms with van der Waals surface area (Å²) in [5, 5.41) is 0. The number of methoxy groups -OCH3 is 1. The van der Waals surface area contributed by atoms with E-state index in [0.717, 1.165) is 47.8 Å². The zero-order valence-electron chi connectivity index (χ0n) is 17.9. The summed E-state index contributed by atoms with van der Waals surface area (Å²) in [6.07, 6.45) is 1.24. The molecule has 6 nitrogen and oxygen atoms in total. The Morgan fingerprint density at radius 3 is 2.24 bits per heavy atom. The standard InChI is InChI=1S/C23H31N3O3/c1-17-15-21(18(2)24(17)3)22(27)16-25-11-13-26(14-12-25)23(28)10-7-19-5-8-20(29-4)9-6-19/h5-6,8-9,15H,7,10-14,16H2,1-4H3. The van der Waals surface area contributed by atoms with Crippen molar-refractivity contribution in [3.05, 3.63) is 52.8 Å². The summed E-state index contributed by atoms with van der Waals surface area (Å²) in [6.45, 7) is 7.26. The second kappa shape index (κ2) is 9.27. The van der Waals surface area contributed by atoms with Crippen molar-refractivity contribution in [3.63, 3.8) is 0 Å². The van der Waals surface area contributed by atoms with Crippen molar-refractivity contribution >= 4 is 11.7 Å². The topological polar surface area (TPSA) is 54.8 Å².